The fourth-order valence-electron chi connectivity index (χ4n) is 1.42. The first kappa shape index (κ1) is 10.4. The van der Waals surface area contributed by atoms with Gasteiger partial charge in [-0.3, -0.25) is 4.79 Å². The van der Waals surface area contributed by atoms with Crippen LogP contribution in [-0.4, -0.2) is 15.6 Å². The van der Waals surface area contributed by atoms with E-state index in [4.69, 9.17) is 0 Å². The molecule has 0 saturated carbocycles. The SMILES string of the molecule is C/C(=C\C(=O)c1ccccc1)n1cccn1. The van der Waals surface area contributed by atoms with E-state index in [2.05, 4.69) is 5.10 Å². The highest BCUT2D eigenvalue weighted by atomic mass is 16.1. The van der Waals surface area contributed by atoms with Gasteiger partial charge in [0.05, 0.1) is 0 Å². The maximum atomic E-state index is 11.8. The summed E-state index contributed by atoms with van der Waals surface area (Å²) in [4.78, 5) is 11.8. The van der Waals surface area contributed by atoms with Gasteiger partial charge in [0.15, 0.2) is 5.78 Å². The van der Waals surface area contributed by atoms with Crippen molar-refractivity contribution in [1.82, 2.24) is 9.78 Å². The molecule has 0 bridgehead atoms. The lowest BCUT2D eigenvalue weighted by molar-refractivity contribution is 0.104. The zero-order chi connectivity index (χ0) is 11.4. The molecule has 3 nitrogen and oxygen atoms in total. The Kier molecular flexibility index (Phi) is 2.96. The molecule has 3 heteroatoms. The van der Waals surface area contributed by atoms with Gasteiger partial charge in [-0.25, -0.2) is 4.68 Å². The third-order valence-electron chi connectivity index (χ3n) is 2.26. The summed E-state index contributed by atoms with van der Waals surface area (Å²) in [6, 6.07) is 11.0. The van der Waals surface area contributed by atoms with E-state index in [1.165, 1.54) is 0 Å². The number of hydrogen-bond acceptors (Lipinski definition) is 2. The zero-order valence-electron chi connectivity index (χ0n) is 9.00. The number of allylic oxidation sites excluding steroid dienone is 2. The van der Waals surface area contributed by atoms with Crippen molar-refractivity contribution in [2.75, 3.05) is 0 Å². The van der Waals surface area contributed by atoms with Crippen molar-refractivity contribution in [1.29, 1.82) is 0 Å². The molecule has 0 aliphatic carbocycles. The number of nitrogens with zero attached hydrogens (tertiary/aromatic N) is 2. The molecule has 0 fully saturated rings. The van der Waals surface area contributed by atoms with Crippen LogP contribution in [0.1, 0.15) is 17.3 Å². The Morgan fingerprint density at radius 2 is 2.00 bits per heavy atom. The van der Waals surface area contributed by atoms with Crippen molar-refractivity contribution < 1.29 is 4.79 Å². The topological polar surface area (TPSA) is 34.9 Å². The number of benzene rings is 1. The van der Waals surface area contributed by atoms with Gasteiger partial charge in [0.25, 0.3) is 0 Å². The highest BCUT2D eigenvalue weighted by Crippen LogP contribution is 2.06. The van der Waals surface area contributed by atoms with E-state index in [0.717, 1.165) is 5.70 Å². The maximum Gasteiger partial charge on any atom is 0.187 e. The second-order valence-electron chi connectivity index (χ2n) is 3.47. The summed E-state index contributed by atoms with van der Waals surface area (Å²) < 4.78 is 1.67. The number of carbonyl (C=O) groups excluding carboxylic acids is 1. The number of hydrogen-bond donors (Lipinski definition) is 0. The first-order valence-electron chi connectivity index (χ1n) is 5.05. The second-order valence-corrected chi connectivity index (χ2v) is 3.47. The van der Waals surface area contributed by atoms with Crippen LogP contribution in [0.25, 0.3) is 5.70 Å². The molecule has 1 heterocycles. The van der Waals surface area contributed by atoms with Crippen LogP contribution in [0.3, 0.4) is 0 Å². The van der Waals surface area contributed by atoms with Crippen molar-refractivity contribution >= 4 is 11.5 Å². The average Bonchev–Trinajstić information content (AvgIpc) is 2.83. The van der Waals surface area contributed by atoms with Gasteiger partial charge in [-0.2, -0.15) is 5.10 Å². The lowest BCUT2D eigenvalue weighted by atomic mass is 10.1. The lowest BCUT2D eigenvalue weighted by Crippen LogP contribution is -1.99. The van der Waals surface area contributed by atoms with E-state index >= 15 is 0 Å². The van der Waals surface area contributed by atoms with Gasteiger partial charge in [0.1, 0.15) is 0 Å². The van der Waals surface area contributed by atoms with Gasteiger partial charge in [-0.15, -0.1) is 0 Å². The minimum atomic E-state index is -0.00593. The minimum absolute atomic E-state index is 0.00593. The fraction of sp³-hybridized carbons (Fsp3) is 0.0769. The quantitative estimate of drug-likeness (QED) is 0.579. The number of ketones is 1. The van der Waals surface area contributed by atoms with Crippen LogP contribution in [0.2, 0.25) is 0 Å². The molecule has 16 heavy (non-hydrogen) atoms. The Bertz CT molecular complexity index is 498. The molecule has 0 amide bonds. The van der Waals surface area contributed by atoms with Gasteiger partial charge >= 0.3 is 0 Å². The monoisotopic (exact) mass is 212 g/mol. The lowest BCUT2D eigenvalue weighted by Gasteiger charge is -2.00. The molecule has 2 aromatic rings. The predicted octanol–water partition coefficient (Wildman–Crippen LogP) is 2.63. The molecule has 0 N–H and O–H groups in total. The molecule has 0 saturated heterocycles. The summed E-state index contributed by atoms with van der Waals surface area (Å²) >= 11 is 0. The average molecular weight is 212 g/mol. The van der Waals surface area contributed by atoms with Crippen LogP contribution in [0, 0.1) is 0 Å². The normalized spacial score (nSPS) is 11.4. The Morgan fingerprint density at radius 1 is 1.25 bits per heavy atom. The summed E-state index contributed by atoms with van der Waals surface area (Å²) in [6.45, 7) is 1.86. The van der Waals surface area contributed by atoms with E-state index in [1.54, 1.807) is 29.1 Å². The maximum absolute atomic E-state index is 11.8. The summed E-state index contributed by atoms with van der Waals surface area (Å²) in [5.74, 6) is -0.00593. The third-order valence-corrected chi connectivity index (χ3v) is 2.26. The Balaban J connectivity index is 2.22. The number of carbonyl (C=O) groups is 1. The van der Waals surface area contributed by atoms with E-state index < -0.39 is 0 Å². The van der Waals surface area contributed by atoms with Crippen LogP contribution in [0.15, 0.2) is 54.9 Å². The van der Waals surface area contributed by atoms with E-state index in [9.17, 15) is 4.79 Å². The summed E-state index contributed by atoms with van der Waals surface area (Å²) in [7, 11) is 0. The summed E-state index contributed by atoms with van der Waals surface area (Å²) in [6.07, 6.45) is 5.08. The number of aromatic nitrogens is 2. The standard InChI is InChI=1S/C13H12N2O/c1-11(15-9-5-8-14-15)10-13(16)12-6-3-2-4-7-12/h2-10H,1H3/b11-10+. The van der Waals surface area contributed by atoms with Crippen molar-refractivity contribution in [2.45, 2.75) is 6.92 Å². The number of rotatable bonds is 3. The van der Waals surface area contributed by atoms with Gasteiger partial charge in [0.2, 0.25) is 0 Å². The highest BCUT2D eigenvalue weighted by molar-refractivity contribution is 6.07. The van der Waals surface area contributed by atoms with Gasteiger partial charge < -0.3 is 0 Å². The van der Waals surface area contributed by atoms with Crippen molar-refractivity contribution in [2.24, 2.45) is 0 Å². The molecule has 0 aliphatic rings. The Labute approximate surface area is 94.0 Å². The molecule has 0 aliphatic heterocycles. The zero-order valence-corrected chi connectivity index (χ0v) is 9.00. The first-order valence-corrected chi connectivity index (χ1v) is 5.05. The van der Waals surface area contributed by atoms with Crippen molar-refractivity contribution in [3.05, 3.63) is 60.4 Å². The Hall–Kier alpha value is -2.16. The minimum Gasteiger partial charge on any atom is -0.289 e. The van der Waals surface area contributed by atoms with Crippen LogP contribution >= 0.6 is 0 Å². The second kappa shape index (κ2) is 4.57. The van der Waals surface area contributed by atoms with Crippen molar-refractivity contribution in [3.8, 4) is 0 Å². The van der Waals surface area contributed by atoms with Crippen LogP contribution in [-0.2, 0) is 0 Å². The van der Waals surface area contributed by atoms with Crippen LogP contribution in [0.4, 0.5) is 0 Å². The first-order chi connectivity index (χ1) is 7.77. The molecule has 0 spiro atoms. The molecule has 0 atom stereocenters. The molecular weight excluding hydrogens is 200 g/mol. The summed E-state index contributed by atoms with van der Waals surface area (Å²) in [5, 5.41) is 4.06. The molecule has 1 aromatic heterocycles. The highest BCUT2D eigenvalue weighted by Gasteiger charge is 2.02. The van der Waals surface area contributed by atoms with E-state index in [1.807, 2.05) is 37.4 Å². The largest absolute Gasteiger partial charge is 0.289 e. The predicted molar refractivity (Wildman–Crippen MR) is 62.9 cm³/mol. The molecule has 0 radical (unpaired) electrons. The fourth-order valence-corrected chi connectivity index (χ4v) is 1.42. The smallest absolute Gasteiger partial charge is 0.187 e. The molecule has 80 valence electrons. The van der Waals surface area contributed by atoms with Gasteiger partial charge in [0, 0.05) is 29.7 Å². The molecule has 2 rings (SSSR count). The van der Waals surface area contributed by atoms with Gasteiger partial charge in [-0.05, 0) is 13.0 Å². The molecule has 1 aromatic carbocycles. The van der Waals surface area contributed by atoms with Gasteiger partial charge in [-0.1, -0.05) is 30.3 Å². The molecule has 0 unspecified atom stereocenters. The van der Waals surface area contributed by atoms with Crippen LogP contribution in [0.5, 0.6) is 0 Å². The third kappa shape index (κ3) is 2.25. The summed E-state index contributed by atoms with van der Waals surface area (Å²) in [5.41, 5.74) is 1.49. The van der Waals surface area contributed by atoms with Crippen LogP contribution < -0.4 is 0 Å². The van der Waals surface area contributed by atoms with E-state index in [-0.39, 0.29) is 5.78 Å². The molecular formula is C13H12N2O. The van der Waals surface area contributed by atoms with Crippen molar-refractivity contribution in [3.63, 3.8) is 0 Å². The Morgan fingerprint density at radius 3 is 2.62 bits per heavy atom. The van der Waals surface area contributed by atoms with E-state index in [0.29, 0.717) is 5.56 Å².